The number of imidazole rings is 1. The summed E-state index contributed by atoms with van der Waals surface area (Å²) in [5, 5.41) is 8.78. The molecule has 1 N–H and O–H groups in total. The first-order valence-electron chi connectivity index (χ1n) is 8.06. The number of benzene rings is 1. The van der Waals surface area contributed by atoms with Crippen molar-refractivity contribution in [2.24, 2.45) is 0 Å². The van der Waals surface area contributed by atoms with E-state index in [0.29, 0.717) is 13.2 Å². The predicted molar refractivity (Wildman–Crippen MR) is 94.7 cm³/mol. The van der Waals surface area contributed by atoms with E-state index in [9.17, 15) is 4.79 Å². The monoisotopic (exact) mass is 339 g/mol. The zero-order chi connectivity index (χ0) is 17.8. The summed E-state index contributed by atoms with van der Waals surface area (Å²) in [4.78, 5) is 17.0. The summed E-state index contributed by atoms with van der Waals surface area (Å²) in [6.45, 7) is 3.04. The lowest BCUT2D eigenvalue weighted by molar-refractivity contribution is -0.138. The maximum absolute atomic E-state index is 10.7. The van der Waals surface area contributed by atoms with E-state index in [2.05, 4.69) is 4.98 Å². The quantitative estimate of drug-likeness (QED) is 0.717. The molecule has 0 atom stereocenters. The van der Waals surface area contributed by atoms with Crippen molar-refractivity contribution in [3.63, 3.8) is 0 Å². The van der Waals surface area contributed by atoms with Gasteiger partial charge in [0.2, 0.25) is 0 Å². The molecule has 0 radical (unpaired) electrons. The van der Waals surface area contributed by atoms with E-state index < -0.39 is 5.97 Å². The Hall–Kier alpha value is -2.86. The van der Waals surface area contributed by atoms with Crippen molar-refractivity contribution in [2.75, 3.05) is 13.6 Å². The van der Waals surface area contributed by atoms with Gasteiger partial charge < -0.3 is 14.2 Å². The largest absolute Gasteiger partial charge is 0.487 e. The molecular weight excluding hydrogens is 318 g/mol. The second-order valence-corrected chi connectivity index (χ2v) is 6.15. The van der Waals surface area contributed by atoms with E-state index >= 15 is 0 Å². The van der Waals surface area contributed by atoms with Gasteiger partial charge in [0.25, 0.3) is 0 Å². The van der Waals surface area contributed by atoms with Gasteiger partial charge in [-0.3, -0.25) is 9.69 Å². The fourth-order valence-electron chi connectivity index (χ4n) is 2.72. The number of hydrogen-bond acceptors (Lipinski definition) is 4. The molecule has 0 spiro atoms. The Bertz CT molecular complexity index is 871. The third kappa shape index (κ3) is 4.36. The highest BCUT2D eigenvalue weighted by molar-refractivity contribution is 5.69. The summed E-state index contributed by atoms with van der Waals surface area (Å²) in [7, 11) is 1.78. The molecule has 6 nitrogen and oxygen atoms in total. The molecule has 0 aliphatic heterocycles. The normalized spacial score (nSPS) is 11.2. The second kappa shape index (κ2) is 7.36. The molecule has 0 aliphatic rings. The topological polar surface area (TPSA) is 67.1 Å². The Labute approximate surface area is 146 Å². The smallest absolute Gasteiger partial charge is 0.317 e. The summed E-state index contributed by atoms with van der Waals surface area (Å²) in [6.07, 6.45) is 3.94. The first kappa shape index (κ1) is 17.0. The minimum Gasteiger partial charge on any atom is -0.487 e. The van der Waals surface area contributed by atoms with E-state index in [4.69, 9.17) is 9.84 Å². The van der Waals surface area contributed by atoms with Crippen LogP contribution in [0.1, 0.15) is 16.8 Å². The first-order valence-corrected chi connectivity index (χ1v) is 8.06. The second-order valence-electron chi connectivity index (χ2n) is 6.15. The van der Waals surface area contributed by atoms with Gasteiger partial charge in [0.1, 0.15) is 18.0 Å². The van der Waals surface area contributed by atoms with Crippen molar-refractivity contribution >= 4 is 11.6 Å². The van der Waals surface area contributed by atoms with Crippen LogP contribution < -0.4 is 4.74 Å². The van der Waals surface area contributed by atoms with Crippen LogP contribution in [0.15, 0.2) is 48.8 Å². The number of nitrogens with zero attached hydrogens (tertiary/aromatic N) is 3. The van der Waals surface area contributed by atoms with Gasteiger partial charge in [-0.1, -0.05) is 18.2 Å². The fourth-order valence-corrected chi connectivity index (χ4v) is 2.72. The number of aliphatic carboxylic acids is 1. The van der Waals surface area contributed by atoms with E-state index in [1.165, 1.54) is 0 Å². The fraction of sp³-hybridized carbons (Fsp3) is 0.263. The summed E-state index contributed by atoms with van der Waals surface area (Å²) >= 11 is 0. The Balaban J connectivity index is 1.59. The van der Waals surface area contributed by atoms with Crippen LogP contribution >= 0.6 is 0 Å². The third-order valence-corrected chi connectivity index (χ3v) is 3.90. The highest BCUT2D eigenvalue weighted by Gasteiger charge is 2.07. The molecule has 130 valence electrons. The Morgan fingerprint density at radius 3 is 2.72 bits per heavy atom. The van der Waals surface area contributed by atoms with Gasteiger partial charge in [-0.25, -0.2) is 4.98 Å². The van der Waals surface area contributed by atoms with Crippen molar-refractivity contribution in [1.29, 1.82) is 0 Å². The van der Waals surface area contributed by atoms with Crippen LogP contribution in [-0.4, -0.2) is 39.0 Å². The molecule has 2 aromatic heterocycles. The number of carboxylic acid groups (broad SMARTS) is 1. The number of aryl methyl sites for hydroxylation is 1. The SMILES string of the molecule is Cc1cccn2cc(COc3ccc(CN(C)CC(=O)O)cc3)nc12. The number of fused-ring (bicyclic) bond motifs is 1. The molecule has 6 heteroatoms. The highest BCUT2D eigenvalue weighted by Crippen LogP contribution is 2.16. The molecule has 0 saturated carbocycles. The van der Waals surface area contributed by atoms with E-state index in [0.717, 1.165) is 28.2 Å². The third-order valence-electron chi connectivity index (χ3n) is 3.90. The molecular formula is C19H21N3O3. The number of rotatable bonds is 7. The molecule has 0 bridgehead atoms. The van der Waals surface area contributed by atoms with Gasteiger partial charge in [0.05, 0.1) is 12.2 Å². The summed E-state index contributed by atoms with van der Waals surface area (Å²) in [5.41, 5.74) is 3.99. The minimum atomic E-state index is -0.829. The molecule has 0 fully saturated rings. The molecule has 1 aromatic carbocycles. The van der Waals surface area contributed by atoms with Crippen LogP contribution in [0.4, 0.5) is 0 Å². The number of hydrogen-bond donors (Lipinski definition) is 1. The van der Waals surface area contributed by atoms with Crippen LogP contribution in [0, 0.1) is 6.92 Å². The van der Waals surface area contributed by atoms with Crippen LogP contribution in [0.25, 0.3) is 5.65 Å². The zero-order valence-electron chi connectivity index (χ0n) is 14.3. The van der Waals surface area contributed by atoms with Crippen LogP contribution in [-0.2, 0) is 17.9 Å². The first-order chi connectivity index (χ1) is 12.0. The predicted octanol–water partition coefficient (Wildman–Crippen LogP) is 2.74. The molecule has 3 rings (SSSR count). The van der Waals surface area contributed by atoms with Crippen molar-refractivity contribution in [3.05, 3.63) is 65.6 Å². The number of carboxylic acids is 1. The molecule has 0 aliphatic carbocycles. The van der Waals surface area contributed by atoms with Crippen molar-refractivity contribution in [2.45, 2.75) is 20.1 Å². The summed E-state index contributed by atoms with van der Waals surface area (Å²) in [5.74, 6) is -0.0661. The van der Waals surface area contributed by atoms with Gasteiger partial charge in [-0.05, 0) is 43.3 Å². The van der Waals surface area contributed by atoms with E-state index in [-0.39, 0.29) is 6.54 Å². The Morgan fingerprint density at radius 2 is 2.04 bits per heavy atom. The van der Waals surface area contributed by atoms with Crippen molar-refractivity contribution in [1.82, 2.24) is 14.3 Å². The maximum atomic E-state index is 10.7. The van der Waals surface area contributed by atoms with Crippen LogP contribution in [0.2, 0.25) is 0 Å². The maximum Gasteiger partial charge on any atom is 0.317 e. The van der Waals surface area contributed by atoms with Crippen molar-refractivity contribution < 1.29 is 14.6 Å². The Morgan fingerprint density at radius 1 is 1.28 bits per heavy atom. The number of ether oxygens (including phenoxy) is 1. The molecule has 25 heavy (non-hydrogen) atoms. The molecule has 0 amide bonds. The standard InChI is InChI=1S/C19H21N3O3/c1-14-4-3-9-22-11-16(20-19(14)22)13-25-17-7-5-15(6-8-17)10-21(2)12-18(23)24/h3-9,11H,10,12-13H2,1-2H3,(H,23,24). The molecule has 0 unspecified atom stereocenters. The van der Waals surface area contributed by atoms with E-state index in [1.54, 1.807) is 11.9 Å². The van der Waals surface area contributed by atoms with Gasteiger partial charge in [-0.2, -0.15) is 0 Å². The summed E-state index contributed by atoms with van der Waals surface area (Å²) in [6, 6.07) is 11.7. The number of pyridine rings is 1. The summed E-state index contributed by atoms with van der Waals surface area (Å²) < 4.78 is 7.80. The average molecular weight is 339 g/mol. The molecule has 2 heterocycles. The van der Waals surface area contributed by atoms with E-state index in [1.807, 2.05) is 60.1 Å². The lowest BCUT2D eigenvalue weighted by Gasteiger charge is -2.14. The zero-order valence-corrected chi connectivity index (χ0v) is 14.3. The number of likely N-dealkylation sites (N-methyl/N-ethyl adjacent to an activating group) is 1. The van der Waals surface area contributed by atoms with Gasteiger partial charge >= 0.3 is 5.97 Å². The lowest BCUT2D eigenvalue weighted by atomic mass is 10.2. The highest BCUT2D eigenvalue weighted by atomic mass is 16.5. The van der Waals surface area contributed by atoms with Gasteiger partial charge in [-0.15, -0.1) is 0 Å². The Kier molecular flexibility index (Phi) is 5.00. The van der Waals surface area contributed by atoms with Crippen LogP contribution in [0.5, 0.6) is 5.75 Å². The molecule has 3 aromatic rings. The minimum absolute atomic E-state index is 0.0194. The van der Waals surface area contributed by atoms with Gasteiger partial charge in [0.15, 0.2) is 0 Å². The molecule has 0 saturated heterocycles. The van der Waals surface area contributed by atoms with Gasteiger partial charge in [0, 0.05) is 18.9 Å². The van der Waals surface area contributed by atoms with Crippen LogP contribution in [0.3, 0.4) is 0 Å². The number of carbonyl (C=O) groups is 1. The number of aromatic nitrogens is 2. The van der Waals surface area contributed by atoms with Crippen molar-refractivity contribution in [3.8, 4) is 5.75 Å². The average Bonchev–Trinajstić information content (AvgIpc) is 2.98. The lowest BCUT2D eigenvalue weighted by Crippen LogP contribution is -2.25.